The van der Waals surface area contributed by atoms with Crippen LogP contribution in [0.3, 0.4) is 0 Å². The van der Waals surface area contributed by atoms with Crippen molar-refractivity contribution in [3.05, 3.63) is 33.8 Å². The Bertz CT molecular complexity index is 305. The highest BCUT2D eigenvalue weighted by atomic mass is 79.9. The lowest BCUT2D eigenvalue weighted by atomic mass is 9.94. The Labute approximate surface area is 94.8 Å². The van der Waals surface area contributed by atoms with Gasteiger partial charge in [-0.15, -0.1) is 0 Å². The van der Waals surface area contributed by atoms with E-state index < -0.39 is 0 Å². The van der Waals surface area contributed by atoms with Gasteiger partial charge in [0.1, 0.15) is 0 Å². The van der Waals surface area contributed by atoms with Gasteiger partial charge in [-0.2, -0.15) is 0 Å². The lowest BCUT2D eigenvalue weighted by molar-refractivity contribution is 0.720. The van der Waals surface area contributed by atoms with Gasteiger partial charge in [0.05, 0.1) is 0 Å². The number of halogens is 1. The van der Waals surface area contributed by atoms with Crippen LogP contribution in [0, 0.1) is 0 Å². The monoisotopic (exact) mass is 255 g/mol. The molecule has 2 N–H and O–H groups in total. The molecule has 0 aliphatic heterocycles. The Morgan fingerprint density at radius 3 is 2.43 bits per heavy atom. The van der Waals surface area contributed by atoms with Crippen LogP contribution >= 0.6 is 15.9 Å². The molecule has 78 valence electrons. The zero-order chi connectivity index (χ0) is 10.7. The average molecular weight is 256 g/mol. The maximum atomic E-state index is 5.83. The van der Waals surface area contributed by atoms with Crippen molar-refractivity contribution in [3.8, 4) is 0 Å². The fraction of sp³-hybridized carbons (Fsp3) is 0.500. The van der Waals surface area contributed by atoms with E-state index in [1.54, 1.807) is 0 Å². The first-order chi connectivity index (χ1) is 6.50. The van der Waals surface area contributed by atoms with Crippen molar-refractivity contribution in [2.24, 2.45) is 5.73 Å². The summed E-state index contributed by atoms with van der Waals surface area (Å²) in [4.78, 5) is 0. The molecule has 2 heteroatoms. The Balaban J connectivity index is 3.03. The van der Waals surface area contributed by atoms with Gasteiger partial charge in [0, 0.05) is 10.5 Å². The van der Waals surface area contributed by atoms with Crippen molar-refractivity contribution < 1.29 is 0 Å². The number of hydrogen-bond acceptors (Lipinski definition) is 1. The summed E-state index contributed by atoms with van der Waals surface area (Å²) in [6.07, 6.45) is 0.951. The topological polar surface area (TPSA) is 26.0 Å². The average Bonchev–Trinajstić information content (AvgIpc) is 2.01. The van der Waals surface area contributed by atoms with E-state index in [9.17, 15) is 0 Å². The van der Waals surface area contributed by atoms with Crippen molar-refractivity contribution in [2.75, 3.05) is 0 Å². The summed E-state index contributed by atoms with van der Waals surface area (Å²) in [6, 6.07) is 6.69. The van der Waals surface area contributed by atoms with Crippen molar-refractivity contribution in [1.82, 2.24) is 0 Å². The molecule has 0 amide bonds. The summed E-state index contributed by atoms with van der Waals surface area (Å²) in [5.74, 6) is 0.567. The van der Waals surface area contributed by atoms with Crippen LogP contribution in [0.4, 0.5) is 0 Å². The van der Waals surface area contributed by atoms with E-state index >= 15 is 0 Å². The highest BCUT2D eigenvalue weighted by Gasteiger charge is 2.08. The fourth-order valence-electron chi connectivity index (χ4n) is 1.66. The highest BCUT2D eigenvalue weighted by Crippen LogP contribution is 2.24. The number of rotatable bonds is 3. The predicted octanol–water partition coefficient (Wildman–Crippen LogP) is 3.46. The van der Waals surface area contributed by atoms with E-state index in [0.717, 1.165) is 10.9 Å². The quantitative estimate of drug-likeness (QED) is 0.880. The summed E-state index contributed by atoms with van der Waals surface area (Å²) in [6.45, 7) is 6.48. The molecule has 0 aliphatic carbocycles. The molecule has 1 unspecified atom stereocenters. The third-order valence-corrected chi connectivity index (χ3v) is 2.76. The van der Waals surface area contributed by atoms with Crippen molar-refractivity contribution >= 4 is 15.9 Å². The first kappa shape index (κ1) is 11.7. The molecule has 0 radical (unpaired) electrons. The Kier molecular flexibility index (Phi) is 4.14. The Morgan fingerprint density at radius 2 is 1.93 bits per heavy atom. The second kappa shape index (κ2) is 4.94. The van der Waals surface area contributed by atoms with E-state index in [1.165, 1.54) is 11.1 Å². The molecule has 0 fully saturated rings. The molecule has 1 nitrogen and oxygen atoms in total. The van der Waals surface area contributed by atoms with Crippen LogP contribution in [-0.2, 0) is 6.42 Å². The molecule has 1 rings (SSSR count). The fourth-order valence-corrected chi connectivity index (χ4v) is 2.07. The van der Waals surface area contributed by atoms with Crippen LogP contribution in [0.1, 0.15) is 37.8 Å². The maximum Gasteiger partial charge on any atom is 0.0178 e. The summed E-state index contributed by atoms with van der Waals surface area (Å²) in [7, 11) is 0. The van der Waals surface area contributed by atoms with Gasteiger partial charge in [0.2, 0.25) is 0 Å². The minimum Gasteiger partial charge on any atom is -0.328 e. The lowest BCUT2D eigenvalue weighted by Crippen LogP contribution is -2.18. The van der Waals surface area contributed by atoms with Crippen molar-refractivity contribution in [1.29, 1.82) is 0 Å². The molecule has 0 aliphatic rings. The molecule has 1 aromatic rings. The van der Waals surface area contributed by atoms with E-state index in [0.29, 0.717) is 5.92 Å². The zero-order valence-electron chi connectivity index (χ0n) is 9.05. The molecule has 0 saturated carbocycles. The molecule has 14 heavy (non-hydrogen) atoms. The van der Waals surface area contributed by atoms with Crippen LogP contribution in [0.2, 0.25) is 0 Å². The summed E-state index contributed by atoms with van der Waals surface area (Å²) >= 11 is 3.49. The van der Waals surface area contributed by atoms with E-state index in [4.69, 9.17) is 5.73 Å². The van der Waals surface area contributed by atoms with Gasteiger partial charge in [-0.05, 0) is 42.5 Å². The highest BCUT2D eigenvalue weighted by molar-refractivity contribution is 9.10. The van der Waals surface area contributed by atoms with Gasteiger partial charge in [-0.1, -0.05) is 35.8 Å². The first-order valence-corrected chi connectivity index (χ1v) is 5.84. The number of nitrogens with two attached hydrogens (primary N) is 1. The van der Waals surface area contributed by atoms with E-state index in [1.807, 2.05) is 6.92 Å². The first-order valence-electron chi connectivity index (χ1n) is 5.04. The largest absolute Gasteiger partial charge is 0.328 e. The number of benzene rings is 1. The third kappa shape index (κ3) is 3.10. The van der Waals surface area contributed by atoms with Gasteiger partial charge in [0.15, 0.2) is 0 Å². The second-order valence-electron chi connectivity index (χ2n) is 4.18. The summed E-state index contributed by atoms with van der Waals surface area (Å²) < 4.78 is 1.14. The standard InChI is InChI=1S/C12H18BrN/c1-8(2)12-5-4-11(13)7-10(12)6-9(3)14/h4-5,7-9H,6,14H2,1-3H3. The molecule has 1 aromatic carbocycles. The lowest BCUT2D eigenvalue weighted by Gasteiger charge is -2.14. The zero-order valence-corrected chi connectivity index (χ0v) is 10.6. The minimum absolute atomic E-state index is 0.224. The van der Waals surface area contributed by atoms with Crippen LogP contribution in [0.5, 0.6) is 0 Å². The SMILES string of the molecule is CC(N)Cc1cc(Br)ccc1C(C)C. The predicted molar refractivity (Wildman–Crippen MR) is 65.6 cm³/mol. The van der Waals surface area contributed by atoms with Crippen molar-refractivity contribution in [3.63, 3.8) is 0 Å². The van der Waals surface area contributed by atoms with Crippen LogP contribution < -0.4 is 5.73 Å². The Morgan fingerprint density at radius 1 is 1.29 bits per heavy atom. The third-order valence-electron chi connectivity index (χ3n) is 2.27. The second-order valence-corrected chi connectivity index (χ2v) is 5.09. The smallest absolute Gasteiger partial charge is 0.0178 e. The van der Waals surface area contributed by atoms with Gasteiger partial charge in [0.25, 0.3) is 0 Å². The maximum absolute atomic E-state index is 5.83. The summed E-state index contributed by atoms with van der Waals surface area (Å²) in [5, 5.41) is 0. The molecule has 0 bridgehead atoms. The molecular formula is C12H18BrN. The summed E-state index contributed by atoms with van der Waals surface area (Å²) in [5.41, 5.74) is 8.60. The van der Waals surface area contributed by atoms with E-state index in [2.05, 4.69) is 48.0 Å². The molecule has 0 spiro atoms. The normalized spacial score (nSPS) is 13.3. The Hall–Kier alpha value is -0.340. The molecule has 1 atom stereocenters. The minimum atomic E-state index is 0.224. The van der Waals surface area contributed by atoms with Crippen LogP contribution in [-0.4, -0.2) is 6.04 Å². The van der Waals surface area contributed by atoms with Gasteiger partial charge in [-0.3, -0.25) is 0 Å². The van der Waals surface area contributed by atoms with Gasteiger partial charge < -0.3 is 5.73 Å². The molecular weight excluding hydrogens is 238 g/mol. The van der Waals surface area contributed by atoms with Gasteiger partial charge >= 0.3 is 0 Å². The molecule has 0 saturated heterocycles. The molecule has 0 heterocycles. The van der Waals surface area contributed by atoms with E-state index in [-0.39, 0.29) is 6.04 Å². The number of hydrogen-bond donors (Lipinski definition) is 1. The van der Waals surface area contributed by atoms with Gasteiger partial charge in [-0.25, -0.2) is 0 Å². The van der Waals surface area contributed by atoms with Crippen molar-refractivity contribution in [2.45, 2.75) is 39.2 Å². The molecule has 0 aromatic heterocycles. The van der Waals surface area contributed by atoms with Crippen LogP contribution in [0.25, 0.3) is 0 Å². The van der Waals surface area contributed by atoms with Crippen LogP contribution in [0.15, 0.2) is 22.7 Å².